The van der Waals surface area contributed by atoms with Crippen LogP contribution in [0.2, 0.25) is 0 Å². The Hall–Kier alpha value is 0.360. The number of hydrogen-bond acceptors (Lipinski definition) is 1. The molecule has 0 saturated carbocycles. The molecule has 1 atom stereocenters. The lowest BCUT2D eigenvalue weighted by Gasteiger charge is -2.15. The smallest absolute Gasteiger partial charge is 0.129 e. The normalized spacial score (nSPS) is 16.8. The molecule has 0 aliphatic rings. The Morgan fingerprint density at radius 3 is 2.40 bits per heavy atom. The standard InChI is InChI=1S/C5H13ClO3S/c1-2-3-4-5(6)10(7,8)9/h5,10H,2-4H2,1H3,(H2,7,8,9). The van der Waals surface area contributed by atoms with Crippen LogP contribution in [-0.2, 0) is 10.5 Å². The first-order chi connectivity index (χ1) is 4.48. The zero-order valence-electron chi connectivity index (χ0n) is 5.83. The summed E-state index contributed by atoms with van der Waals surface area (Å²) in [6.07, 6.45) is 2.06. The molecule has 0 spiro atoms. The molecule has 0 aromatic rings. The molecule has 2 N–H and O–H groups in total. The second kappa shape index (κ2) is 4.28. The number of alkyl halides is 1. The lowest BCUT2D eigenvalue weighted by atomic mass is 10.3. The average molecular weight is 189 g/mol. The van der Waals surface area contributed by atoms with E-state index in [1.807, 2.05) is 6.92 Å². The number of rotatable bonds is 4. The van der Waals surface area contributed by atoms with E-state index in [-0.39, 0.29) is 0 Å². The van der Waals surface area contributed by atoms with Crippen LogP contribution in [0.25, 0.3) is 0 Å². The average Bonchev–Trinajstić information content (AvgIpc) is 1.80. The molecule has 3 nitrogen and oxygen atoms in total. The second-order valence-corrected chi connectivity index (χ2v) is 4.80. The van der Waals surface area contributed by atoms with E-state index in [1.54, 1.807) is 0 Å². The maximum Gasteiger partial charge on any atom is 0.129 e. The fourth-order valence-corrected chi connectivity index (χ4v) is 1.21. The van der Waals surface area contributed by atoms with Crippen molar-refractivity contribution in [1.82, 2.24) is 0 Å². The molecule has 0 amide bonds. The van der Waals surface area contributed by atoms with Gasteiger partial charge in [0.1, 0.15) is 4.71 Å². The minimum absolute atomic E-state index is 0.391. The third kappa shape index (κ3) is 4.22. The van der Waals surface area contributed by atoms with Gasteiger partial charge < -0.3 is 9.11 Å². The maximum atomic E-state index is 10.4. The third-order valence-electron chi connectivity index (χ3n) is 1.16. The topological polar surface area (TPSA) is 57.5 Å². The van der Waals surface area contributed by atoms with Gasteiger partial charge in [-0.25, -0.2) is 4.21 Å². The second-order valence-electron chi connectivity index (χ2n) is 2.17. The van der Waals surface area contributed by atoms with Crippen molar-refractivity contribution in [2.24, 2.45) is 0 Å². The Morgan fingerprint density at radius 1 is 1.60 bits per heavy atom. The quantitative estimate of drug-likeness (QED) is 0.465. The highest BCUT2D eigenvalue weighted by molar-refractivity contribution is 7.94. The van der Waals surface area contributed by atoms with Crippen molar-refractivity contribution in [3.8, 4) is 0 Å². The van der Waals surface area contributed by atoms with E-state index < -0.39 is 15.2 Å². The van der Waals surface area contributed by atoms with Crippen molar-refractivity contribution in [2.75, 3.05) is 0 Å². The Bertz CT molecular complexity index is 133. The fourth-order valence-electron chi connectivity index (χ4n) is 0.541. The zero-order valence-corrected chi connectivity index (χ0v) is 7.48. The first-order valence-corrected chi connectivity index (χ1v) is 5.29. The van der Waals surface area contributed by atoms with E-state index >= 15 is 0 Å². The van der Waals surface area contributed by atoms with Crippen LogP contribution in [0.3, 0.4) is 0 Å². The van der Waals surface area contributed by atoms with Gasteiger partial charge in [-0.15, -0.1) is 11.6 Å². The Morgan fingerprint density at radius 2 is 2.10 bits per heavy atom. The van der Waals surface area contributed by atoms with Crippen molar-refractivity contribution in [3.05, 3.63) is 0 Å². The minimum atomic E-state index is -4.02. The number of halogens is 1. The summed E-state index contributed by atoms with van der Waals surface area (Å²) in [7, 11) is -4.02. The van der Waals surface area contributed by atoms with Crippen molar-refractivity contribution < 1.29 is 13.3 Å². The van der Waals surface area contributed by atoms with Gasteiger partial charge in [0.2, 0.25) is 0 Å². The van der Waals surface area contributed by atoms with E-state index in [0.29, 0.717) is 6.42 Å². The van der Waals surface area contributed by atoms with Gasteiger partial charge in [0.25, 0.3) is 0 Å². The van der Waals surface area contributed by atoms with Crippen molar-refractivity contribution in [2.45, 2.75) is 30.9 Å². The van der Waals surface area contributed by atoms with Crippen LogP contribution in [0, 0.1) is 0 Å². The molecular weight excluding hydrogens is 176 g/mol. The summed E-state index contributed by atoms with van der Waals surface area (Å²) in [6, 6.07) is 0. The molecule has 0 aliphatic heterocycles. The summed E-state index contributed by atoms with van der Waals surface area (Å²) in [5.74, 6) is 0. The molecule has 0 saturated heterocycles. The fraction of sp³-hybridized carbons (Fsp3) is 1.00. The van der Waals surface area contributed by atoms with E-state index in [2.05, 4.69) is 0 Å². The highest BCUT2D eigenvalue weighted by Gasteiger charge is 2.16. The van der Waals surface area contributed by atoms with Crippen molar-refractivity contribution >= 4 is 22.1 Å². The van der Waals surface area contributed by atoms with Crippen LogP contribution in [-0.4, -0.2) is 18.0 Å². The molecule has 5 heteroatoms. The lowest BCUT2D eigenvalue weighted by molar-refractivity contribution is 0.416. The summed E-state index contributed by atoms with van der Waals surface area (Å²) < 4.78 is 26.4. The number of hydrogen-bond donors (Lipinski definition) is 3. The van der Waals surface area contributed by atoms with E-state index in [9.17, 15) is 4.21 Å². The molecule has 0 rings (SSSR count). The summed E-state index contributed by atoms with van der Waals surface area (Å²) in [6.45, 7) is 1.95. The van der Waals surface area contributed by atoms with Crippen molar-refractivity contribution in [3.63, 3.8) is 0 Å². The predicted octanol–water partition coefficient (Wildman–Crippen LogP) is 1.70. The Labute approximate surface area is 66.9 Å². The van der Waals surface area contributed by atoms with Gasteiger partial charge in [-0.3, -0.25) is 0 Å². The van der Waals surface area contributed by atoms with E-state index in [0.717, 1.165) is 12.8 Å². The van der Waals surface area contributed by atoms with Crippen LogP contribution < -0.4 is 0 Å². The van der Waals surface area contributed by atoms with Crippen LogP contribution in [0.15, 0.2) is 0 Å². The van der Waals surface area contributed by atoms with Crippen LogP contribution in [0.1, 0.15) is 26.2 Å². The highest BCUT2D eigenvalue weighted by Crippen LogP contribution is 2.16. The van der Waals surface area contributed by atoms with Crippen LogP contribution in [0.4, 0.5) is 0 Å². The van der Waals surface area contributed by atoms with E-state index in [1.165, 1.54) is 0 Å². The SMILES string of the molecule is CCCCC(Cl)[SH](=O)(O)O. The molecule has 0 radical (unpaired) electrons. The van der Waals surface area contributed by atoms with Gasteiger partial charge in [-0.05, 0) is 6.42 Å². The number of unbranched alkanes of at least 4 members (excludes halogenated alkanes) is 1. The van der Waals surface area contributed by atoms with Gasteiger partial charge in [-0.2, -0.15) is 0 Å². The van der Waals surface area contributed by atoms with Gasteiger partial charge >= 0.3 is 0 Å². The monoisotopic (exact) mass is 188 g/mol. The Balaban J connectivity index is 3.63. The molecule has 0 bridgehead atoms. The summed E-state index contributed by atoms with van der Waals surface area (Å²) in [5, 5.41) is 0. The van der Waals surface area contributed by atoms with Crippen LogP contribution >= 0.6 is 11.6 Å². The van der Waals surface area contributed by atoms with Gasteiger partial charge in [-0.1, -0.05) is 19.8 Å². The van der Waals surface area contributed by atoms with Crippen LogP contribution in [0.5, 0.6) is 0 Å². The first-order valence-electron chi connectivity index (χ1n) is 3.17. The highest BCUT2D eigenvalue weighted by atomic mass is 35.5. The predicted molar refractivity (Wildman–Crippen MR) is 44.0 cm³/mol. The molecule has 0 aromatic heterocycles. The van der Waals surface area contributed by atoms with Gasteiger partial charge in [0, 0.05) is 0 Å². The molecule has 64 valence electrons. The van der Waals surface area contributed by atoms with E-state index in [4.69, 9.17) is 20.7 Å². The summed E-state index contributed by atoms with van der Waals surface area (Å²) in [5.41, 5.74) is 0. The molecule has 10 heavy (non-hydrogen) atoms. The minimum Gasteiger partial charge on any atom is -0.309 e. The number of thiol groups is 1. The maximum absolute atomic E-state index is 10.4. The lowest BCUT2D eigenvalue weighted by Crippen LogP contribution is -2.21. The Kier molecular flexibility index (Phi) is 4.44. The van der Waals surface area contributed by atoms with Crippen molar-refractivity contribution in [1.29, 1.82) is 0 Å². The van der Waals surface area contributed by atoms with Gasteiger partial charge in [0.15, 0.2) is 0 Å². The molecular formula is C5H13ClO3S. The molecule has 1 unspecified atom stereocenters. The molecule has 0 aromatic carbocycles. The molecule has 0 aliphatic carbocycles. The largest absolute Gasteiger partial charge is 0.309 e. The first kappa shape index (κ1) is 10.4. The summed E-state index contributed by atoms with van der Waals surface area (Å²) >= 11 is 5.37. The van der Waals surface area contributed by atoms with Gasteiger partial charge in [0.05, 0.1) is 10.5 Å². The summed E-state index contributed by atoms with van der Waals surface area (Å²) in [4.78, 5) is 0. The third-order valence-corrected chi connectivity index (χ3v) is 3.13. The molecule has 0 fully saturated rings. The zero-order chi connectivity index (χ0) is 8.20. The molecule has 0 heterocycles.